The average Bonchev–Trinajstić information content (AvgIpc) is 3.37. The van der Waals surface area contributed by atoms with E-state index in [1.165, 1.54) is 11.3 Å². The number of benzene rings is 1. The third-order valence-electron chi connectivity index (χ3n) is 6.01. The highest BCUT2D eigenvalue weighted by atomic mass is 32.1. The van der Waals surface area contributed by atoms with E-state index in [2.05, 4.69) is 12.2 Å². The average molecular weight is 456 g/mol. The maximum Gasteiger partial charge on any atom is 0.262 e. The molecule has 2 aromatic rings. The second-order valence-corrected chi connectivity index (χ2v) is 9.35. The van der Waals surface area contributed by atoms with Crippen molar-refractivity contribution in [2.24, 2.45) is 5.92 Å². The summed E-state index contributed by atoms with van der Waals surface area (Å²) in [6.45, 7) is 3.97. The van der Waals surface area contributed by atoms with Crippen molar-refractivity contribution < 1.29 is 14.4 Å². The molecule has 1 aromatic heterocycles. The fraction of sp³-hybridized carbons (Fsp3) is 0.480. The number of piperidine rings is 1. The molecule has 0 spiro atoms. The number of thiophene rings is 1. The van der Waals surface area contributed by atoms with E-state index in [1.54, 1.807) is 11.0 Å². The number of rotatable bonds is 9. The van der Waals surface area contributed by atoms with Crippen LogP contribution in [0.5, 0.6) is 0 Å². The number of unbranched alkanes of at least 4 members (excludes halogenated alkanes) is 1. The lowest BCUT2D eigenvalue weighted by Crippen LogP contribution is -2.52. The fourth-order valence-electron chi connectivity index (χ4n) is 4.07. The third kappa shape index (κ3) is 6.42. The van der Waals surface area contributed by atoms with Crippen LogP contribution in [0.1, 0.15) is 47.8 Å². The van der Waals surface area contributed by atoms with Crippen molar-refractivity contribution in [3.63, 3.8) is 0 Å². The Labute approximate surface area is 194 Å². The number of carbonyl (C=O) groups is 3. The molecule has 2 heterocycles. The summed E-state index contributed by atoms with van der Waals surface area (Å²) in [5.74, 6) is -0.160. The first-order chi connectivity index (χ1) is 15.5. The Kier molecular flexibility index (Phi) is 8.85. The van der Waals surface area contributed by atoms with Gasteiger partial charge in [0, 0.05) is 39.0 Å². The normalized spacial score (nSPS) is 15.2. The summed E-state index contributed by atoms with van der Waals surface area (Å²) in [5, 5.41) is 4.79. The lowest BCUT2D eigenvalue weighted by Gasteiger charge is -2.35. The van der Waals surface area contributed by atoms with Crippen LogP contribution in [0.4, 0.5) is 0 Å². The second-order valence-electron chi connectivity index (χ2n) is 8.41. The number of likely N-dealkylation sites (tertiary alicyclic amines) is 1. The van der Waals surface area contributed by atoms with Crippen molar-refractivity contribution in [1.29, 1.82) is 0 Å². The molecule has 3 amide bonds. The molecule has 172 valence electrons. The number of hydrogen-bond acceptors (Lipinski definition) is 4. The summed E-state index contributed by atoms with van der Waals surface area (Å²) in [6, 6.07) is 12.7. The number of nitrogens with zero attached hydrogens (tertiary/aromatic N) is 2. The molecule has 1 fully saturated rings. The molecule has 0 radical (unpaired) electrons. The molecule has 1 aromatic carbocycles. The standard InChI is InChI=1S/C25H33N3O3S/c1-3-4-14-27(2)24(30)20-12-15-28(16-13-20)25(31)21(18-19-9-6-5-7-10-19)26-23(29)22-11-8-17-32-22/h5-11,17,20-21H,3-4,12-16,18H2,1-2H3,(H,26,29)/t21-/m0/s1. The van der Waals surface area contributed by atoms with Crippen molar-refractivity contribution in [2.45, 2.75) is 45.1 Å². The summed E-state index contributed by atoms with van der Waals surface area (Å²) in [6.07, 6.45) is 3.83. The zero-order valence-corrected chi connectivity index (χ0v) is 19.8. The predicted molar refractivity (Wildman–Crippen MR) is 128 cm³/mol. The Hall–Kier alpha value is -2.67. The molecule has 0 aliphatic carbocycles. The maximum absolute atomic E-state index is 13.4. The zero-order chi connectivity index (χ0) is 22.9. The van der Waals surface area contributed by atoms with E-state index in [-0.39, 0.29) is 23.6 Å². The van der Waals surface area contributed by atoms with E-state index >= 15 is 0 Å². The van der Waals surface area contributed by atoms with Crippen molar-refractivity contribution in [2.75, 3.05) is 26.7 Å². The molecule has 0 unspecified atom stereocenters. The highest BCUT2D eigenvalue weighted by molar-refractivity contribution is 7.12. The SMILES string of the molecule is CCCCN(C)C(=O)C1CCN(C(=O)[C@H](Cc2ccccc2)NC(=O)c2cccs2)CC1. The topological polar surface area (TPSA) is 69.7 Å². The zero-order valence-electron chi connectivity index (χ0n) is 19.0. The first-order valence-electron chi connectivity index (χ1n) is 11.4. The van der Waals surface area contributed by atoms with Gasteiger partial charge in [0.25, 0.3) is 5.91 Å². The largest absolute Gasteiger partial charge is 0.346 e. The molecule has 1 aliphatic rings. The van der Waals surface area contributed by atoms with Gasteiger partial charge in [-0.2, -0.15) is 0 Å². The predicted octanol–water partition coefficient (Wildman–Crippen LogP) is 3.59. The first-order valence-corrected chi connectivity index (χ1v) is 12.3. The van der Waals surface area contributed by atoms with Crippen LogP contribution < -0.4 is 5.32 Å². The molecule has 1 atom stereocenters. The molecule has 0 bridgehead atoms. The van der Waals surface area contributed by atoms with Gasteiger partial charge < -0.3 is 15.1 Å². The molecular weight excluding hydrogens is 422 g/mol. The summed E-state index contributed by atoms with van der Waals surface area (Å²) >= 11 is 1.36. The lowest BCUT2D eigenvalue weighted by molar-refractivity contribution is -0.140. The van der Waals surface area contributed by atoms with E-state index in [1.807, 2.05) is 53.7 Å². The van der Waals surface area contributed by atoms with Crippen LogP contribution in [0.3, 0.4) is 0 Å². The van der Waals surface area contributed by atoms with Gasteiger partial charge in [-0.15, -0.1) is 11.3 Å². The Bertz CT molecular complexity index is 877. The Morgan fingerprint density at radius 1 is 1.12 bits per heavy atom. The lowest BCUT2D eigenvalue weighted by atomic mass is 9.94. The summed E-state index contributed by atoms with van der Waals surface area (Å²) in [4.78, 5) is 43.0. The summed E-state index contributed by atoms with van der Waals surface area (Å²) in [7, 11) is 1.87. The van der Waals surface area contributed by atoms with E-state index < -0.39 is 6.04 Å². The molecule has 1 saturated heterocycles. The second kappa shape index (κ2) is 11.8. The Morgan fingerprint density at radius 3 is 2.47 bits per heavy atom. The van der Waals surface area contributed by atoms with Crippen LogP contribution in [0.25, 0.3) is 0 Å². The fourth-order valence-corrected chi connectivity index (χ4v) is 4.70. The van der Waals surface area contributed by atoms with Crippen molar-refractivity contribution >= 4 is 29.1 Å². The highest BCUT2D eigenvalue weighted by Crippen LogP contribution is 2.21. The van der Waals surface area contributed by atoms with Gasteiger partial charge in [0.1, 0.15) is 6.04 Å². The Balaban J connectivity index is 1.63. The third-order valence-corrected chi connectivity index (χ3v) is 6.88. The first kappa shape index (κ1) is 24.0. The number of carbonyl (C=O) groups excluding carboxylic acids is 3. The minimum absolute atomic E-state index is 0.0332. The summed E-state index contributed by atoms with van der Waals surface area (Å²) in [5.41, 5.74) is 1.000. The molecule has 7 heteroatoms. The van der Waals surface area contributed by atoms with Gasteiger partial charge in [-0.3, -0.25) is 14.4 Å². The van der Waals surface area contributed by atoms with Gasteiger partial charge in [0.15, 0.2) is 0 Å². The molecule has 6 nitrogen and oxygen atoms in total. The van der Waals surface area contributed by atoms with Crippen LogP contribution >= 0.6 is 11.3 Å². The van der Waals surface area contributed by atoms with Gasteiger partial charge in [-0.05, 0) is 36.3 Å². The maximum atomic E-state index is 13.4. The van der Waals surface area contributed by atoms with Crippen LogP contribution in [0, 0.1) is 5.92 Å². The van der Waals surface area contributed by atoms with E-state index in [4.69, 9.17) is 0 Å². The minimum Gasteiger partial charge on any atom is -0.346 e. The quantitative estimate of drug-likeness (QED) is 0.628. The van der Waals surface area contributed by atoms with Crippen LogP contribution in [-0.4, -0.2) is 60.2 Å². The number of hydrogen-bond donors (Lipinski definition) is 1. The van der Waals surface area contributed by atoms with Gasteiger partial charge >= 0.3 is 0 Å². The smallest absolute Gasteiger partial charge is 0.262 e. The molecule has 3 rings (SSSR count). The molecular formula is C25H33N3O3S. The van der Waals surface area contributed by atoms with Gasteiger partial charge in [-0.25, -0.2) is 0 Å². The Morgan fingerprint density at radius 2 is 1.84 bits per heavy atom. The van der Waals surface area contributed by atoms with Gasteiger partial charge in [-0.1, -0.05) is 49.7 Å². The molecule has 1 N–H and O–H groups in total. The van der Waals surface area contributed by atoms with Gasteiger partial charge in [0.2, 0.25) is 11.8 Å². The van der Waals surface area contributed by atoms with Crippen molar-refractivity contribution in [3.05, 3.63) is 58.3 Å². The van der Waals surface area contributed by atoms with Crippen molar-refractivity contribution in [3.8, 4) is 0 Å². The van der Waals surface area contributed by atoms with Crippen LogP contribution in [0.15, 0.2) is 47.8 Å². The van der Waals surface area contributed by atoms with E-state index in [0.717, 1.165) is 24.9 Å². The molecule has 32 heavy (non-hydrogen) atoms. The minimum atomic E-state index is -0.633. The van der Waals surface area contributed by atoms with E-state index in [0.29, 0.717) is 37.2 Å². The van der Waals surface area contributed by atoms with Crippen LogP contribution in [0.2, 0.25) is 0 Å². The molecule has 1 aliphatic heterocycles. The number of amides is 3. The van der Waals surface area contributed by atoms with Crippen molar-refractivity contribution in [1.82, 2.24) is 15.1 Å². The van der Waals surface area contributed by atoms with Crippen LogP contribution in [-0.2, 0) is 16.0 Å². The highest BCUT2D eigenvalue weighted by Gasteiger charge is 2.32. The monoisotopic (exact) mass is 455 g/mol. The summed E-state index contributed by atoms with van der Waals surface area (Å²) < 4.78 is 0. The van der Waals surface area contributed by atoms with Gasteiger partial charge in [0.05, 0.1) is 4.88 Å². The number of nitrogens with one attached hydrogen (secondary N) is 1. The molecule has 0 saturated carbocycles. The van der Waals surface area contributed by atoms with E-state index in [9.17, 15) is 14.4 Å².